The number of hydrogen-bond acceptors (Lipinski definition) is 5. The fourth-order valence-corrected chi connectivity index (χ4v) is 4.62. The Labute approximate surface area is 158 Å². The molecule has 4 rings (SSSR count). The van der Waals surface area contributed by atoms with Crippen LogP contribution in [-0.4, -0.2) is 66.4 Å². The van der Waals surface area contributed by atoms with Crippen molar-refractivity contribution in [3.8, 4) is 0 Å². The number of nitrogens with zero attached hydrogens (tertiary/aromatic N) is 3. The third-order valence-corrected chi connectivity index (χ3v) is 6.17. The van der Waals surface area contributed by atoms with E-state index in [1.165, 1.54) is 0 Å². The van der Waals surface area contributed by atoms with Crippen LogP contribution in [0.25, 0.3) is 0 Å². The summed E-state index contributed by atoms with van der Waals surface area (Å²) < 4.78 is 5.37. The number of likely N-dealkylation sites (tertiary alicyclic amines) is 1. The van der Waals surface area contributed by atoms with Crippen molar-refractivity contribution in [3.63, 3.8) is 0 Å². The molecule has 8 nitrogen and oxygen atoms in total. The Hall–Kier alpha value is -2.35. The zero-order valence-electron chi connectivity index (χ0n) is 15.4. The normalized spacial score (nSPS) is 27.5. The summed E-state index contributed by atoms with van der Waals surface area (Å²) in [6, 6.07) is 3.69. The Kier molecular flexibility index (Phi) is 4.90. The molecule has 8 heteroatoms. The molecule has 146 valence electrons. The Morgan fingerprint density at radius 3 is 2.93 bits per heavy atom. The van der Waals surface area contributed by atoms with E-state index < -0.39 is 11.4 Å². The maximum Gasteiger partial charge on any atom is 0.317 e. The number of amides is 2. The number of fused-ring (bicyclic) bond motifs is 1. The molecule has 2 N–H and O–H groups in total. The van der Waals surface area contributed by atoms with Crippen molar-refractivity contribution in [1.82, 2.24) is 15.2 Å². The van der Waals surface area contributed by atoms with Gasteiger partial charge in [-0.2, -0.15) is 0 Å². The second kappa shape index (κ2) is 7.34. The predicted octanol–water partition coefficient (Wildman–Crippen LogP) is 1.31. The van der Waals surface area contributed by atoms with Crippen LogP contribution in [0.3, 0.4) is 0 Å². The van der Waals surface area contributed by atoms with E-state index >= 15 is 0 Å². The average Bonchev–Trinajstić information content (AvgIpc) is 3.26. The molecule has 1 aliphatic carbocycles. The van der Waals surface area contributed by atoms with Crippen molar-refractivity contribution < 1.29 is 19.4 Å². The first-order valence-corrected chi connectivity index (χ1v) is 9.62. The summed E-state index contributed by atoms with van der Waals surface area (Å²) in [4.78, 5) is 32.6. The lowest BCUT2D eigenvalue weighted by Crippen LogP contribution is -2.41. The maximum atomic E-state index is 12.6. The number of carbonyl (C=O) groups excluding carboxylic acids is 1. The third-order valence-electron chi connectivity index (χ3n) is 6.17. The van der Waals surface area contributed by atoms with Gasteiger partial charge in [-0.05, 0) is 36.5 Å². The molecule has 0 bridgehead atoms. The van der Waals surface area contributed by atoms with Crippen LogP contribution in [-0.2, 0) is 16.1 Å². The summed E-state index contributed by atoms with van der Waals surface area (Å²) in [5, 5.41) is 12.6. The van der Waals surface area contributed by atoms with Crippen molar-refractivity contribution in [1.29, 1.82) is 0 Å². The van der Waals surface area contributed by atoms with Gasteiger partial charge in [0.25, 0.3) is 0 Å². The lowest BCUT2D eigenvalue weighted by molar-refractivity contribution is -0.149. The van der Waals surface area contributed by atoms with Crippen molar-refractivity contribution in [2.75, 3.05) is 44.3 Å². The van der Waals surface area contributed by atoms with E-state index in [0.29, 0.717) is 39.3 Å². The largest absolute Gasteiger partial charge is 0.481 e. The molecule has 0 radical (unpaired) electrons. The number of carboxylic acids is 1. The van der Waals surface area contributed by atoms with Crippen molar-refractivity contribution in [3.05, 3.63) is 23.9 Å². The molecule has 0 aromatic carbocycles. The van der Waals surface area contributed by atoms with Crippen LogP contribution in [0, 0.1) is 11.3 Å². The first kappa shape index (κ1) is 18.0. The van der Waals surface area contributed by atoms with Crippen LogP contribution >= 0.6 is 0 Å². The minimum absolute atomic E-state index is 0.0783. The zero-order valence-corrected chi connectivity index (χ0v) is 15.4. The topological polar surface area (TPSA) is 95.0 Å². The van der Waals surface area contributed by atoms with E-state index in [1.54, 1.807) is 11.1 Å². The highest BCUT2D eigenvalue weighted by Gasteiger charge is 2.55. The van der Waals surface area contributed by atoms with E-state index in [-0.39, 0.29) is 11.9 Å². The first-order chi connectivity index (χ1) is 13.1. The molecule has 3 heterocycles. The molecule has 27 heavy (non-hydrogen) atoms. The smallest absolute Gasteiger partial charge is 0.317 e. The molecule has 2 saturated heterocycles. The van der Waals surface area contributed by atoms with Crippen LogP contribution in [0.15, 0.2) is 18.3 Å². The van der Waals surface area contributed by atoms with E-state index in [0.717, 1.165) is 37.3 Å². The summed E-state index contributed by atoms with van der Waals surface area (Å²) in [5.41, 5.74) is 0.240. The molecule has 1 saturated carbocycles. The SMILES string of the molecule is O=C(NCc1ccnc(N2CCOCC2)c1)N1C[C@@H]2CCC[C@@]2(C(=O)O)C1. The van der Waals surface area contributed by atoms with Gasteiger partial charge < -0.3 is 25.0 Å². The minimum Gasteiger partial charge on any atom is -0.481 e. The number of aliphatic carboxylic acids is 1. The quantitative estimate of drug-likeness (QED) is 0.825. The maximum absolute atomic E-state index is 12.6. The molecule has 1 aromatic rings. The van der Waals surface area contributed by atoms with Gasteiger partial charge in [-0.25, -0.2) is 9.78 Å². The number of carboxylic acid groups (broad SMARTS) is 1. The standard InChI is InChI=1S/C19H26N4O4/c24-17(25)19-4-1-2-15(19)12-23(13-19)18(26)21-11-14-3-5-20-16(10-14)22-6-8-27-9-7-22/h3,5,10,15H,1-2,4,6-9,11-13H2,(H,21,26)(H,24,25)/t15-,19+/m0/s1. The minimum atomic E-state index is -0.760. The number of urea groups is 1. The van der Waals surface area contributed by atoms with Crippen molar-refractivity contribution in [2.24, 2.45) is 11.3 Å². The van der Waals surface area contributed by atoms with Crippen molar-refractivity contribution >= 4 is 17.8 Å². The highest BCUT2D eigenvalue weighted by Crippen LogP contribution is 2.48. The van der Waals surface area contributed by atoms with Gasteiger partial charge in [-0.15, -0.1) is 0 Å². The molecule has 0 unspecified atom stereocenters. The number of pyridine rings is 1. The Morgan fingerprint density at radius 2 is 2.19 bits per heavy atom. The molecule has 1 aromatic heterocycles. The van der Waals surface area contributed by atoms with Gasteiger partial charge >= 0.3 is 12.0 Å². The molecule has 3 fully saturated rings. The highest BCUT2D eigenvalue weighted by atomic mass is 16.5. The molecule has 2 aliphatic heterocycles. The van der Waals surface area contributed by atoms with Gasteiger partial charge in [-0.3, -0.25) is 4.79 Å². The lowest BCUT2D eigenvalue weighted by atomic mass is 9.81. The second-order valence-corrected chi connectivity index (χ2v) is 7.71. The van der Waals surface area contributed by atoms with Gasteiger partial charge in [0.15, 0.2) is 0 Å². The third kappa shape index (κ3) is 3.45. The Balaban J connectivity index is 1.35. The van der Waals surface area contributed by atoms with Crippen molar-refractivity contribution in [2.45, 2.75) is 25.8 Å². The zero-order chi connectivity index (χ0) is 18.9. The first-order valence-electron chi connectivity index (χ1n) is 9.62. The number of hydrogen-bond donors (Lipinski definition) is 2. The van der Waals surface area contributed by atoms with E-state index in [1.807, 2.05) is 12.1 Å². The summed E-state index contributed by atoms with van der Waals surface area (Å²) in [7, 11) is 0. The summed E-state index contributed by atoms with van der Waals surface area (Å²) in [5.74, 6) is 0.213. The molecule has 2 amide bonds. The average molecular weight is 374 g/mol. The number of aromatic nitrogens is 1. The Bertz CT molecular complexity index is 721. The molecule has 0 spiro atoms. The van der Waals surface area contributed by atoms with Gasteiger partial charge in [0.1, 0.15) is 5.82 Å². The van der Waals surface area contributed by atoms with Gasteiger partial charge in [-0.1, -0.05) is 6.42 Å². The number of rotatable bonds is 4. The molecule has 3 aliphatic rings. The number of morpholine rings is 1. The Morgan fingerprint density at radius 1 is 1.37 bits per heavy atom. The molecular weight excluding hydrogens is 348 g/mol. The summed E-state index contributed by atoms with van der Waals surface area (Å²) in [6.45, 7) is 4.28. The van der Waals surface area contributed by atoms with E-state index in [4.69, 9.17) is 4.74 Å². The van der Waals surface area contributed by atoms with Gasteiger partial charge in [0.2, 0.25) is 0 Å². The van der Waals surface area contributed by atoms with E-state index in [2.05, 4.69) is 15.2 Å². The van der Waals surface area contributed by atoms with Crippen LogP contribution in [0.4, 0.5) is 10.6 Å². The summed E-state index contributed by atoms with van der Waals surface area (Å²) >= 11 is 0. The van der Waals surface area contributed by atoms with Gasteiger partial charge in [0.05, 0.1) is 18.6 Å². The molecular formula is C19H26N4O4. The van der Waals surface area contributed by atoms with Crippen LogP contribution < -0.4 is 10.2 Å². The lowest BCUT2D eigenvalue weighted by Gasteiger charge is -2.28. The van der Waals surface area contributed by atoms with Crippen LogP contribution in [0.1, 0.15) is 24.8 Å². The predicted molar refractivity (Wildman–Crippen MR) is 98.5 cm³/mol. The molecule has 2 atom stereocenters. The fourth-order valence-electron chi connectivity index (χ4n) is 4.62. The second-order valence-electron chi connectivity index (χ2n) is 7.71. The fraction of sp³-hybridized carbons (Fsp3) is 0.632. The highest BCUT2D eigenvalue weighted by molar-refractivity contribution is 5.80. The number of carbonyl (C=O) groups is 2. The number of anilines is 1. The van der Waals surface area contributed by atoms with Crippen LogP contribution in [0.5, 0.6) is 0 Å². The number of ether oxygens (including phenoxy) is 1. The van der Waals surface area contributed by atoms with Gasteiger partial charge in [0, 0.05) is 38.9 Å². The monoisotopic (exact) mass is 374 g/mol. The number of nitrogens with one attached hydrogen (secondary N) is 1. The van der Waals surface area contributed by atoms with Crippen LogP contribution in [0.2, 0.25) is 0 Å². The summed E-state index contributed by atoms with van der Waals surface area (Å²) in [6.07, 6.45) is 4.26. The van der Waals surface area contributed by atoms with E-state index in [9.17, 15) is 14.7 Å².